The average Bonchev–Trinajstić information content (AvgIpc) is 2.63. The summed E-state index contributed by atoms with van der Waals surface area (Å²) >= 11 is 6.00. The van der Waals surface area contributed by atoms with Crippen LogP contribution in [-0.2, 0) is 6.54 Å². The topological polar surface area (TPSA) is 54.0 Å². The van der Waals surface area contributed by atoms with E-state index in [9.17, 15) is 4.79 Å². The Morgan fingerprint density at radius 1 is 0.917 bits per heavy atom. The first-order valence-corrected chi connectivity index (χ1v) is 7.90. The maximum atomic E-state index is 12.6. The Morgan fingerprint density at radius 2 is 1.62 bits per heavy atom. The highest BCUT2D eigenvalue weighted by Gasteiger charge is 2.12. The summed E-state index contributed by atoms with van der Waals surface area (Å²) in [5, 5.41) is 6.36. The molecule has 4 nitrogen and oxygen atoms in total. The molecule has 0 unspecified atom stereocenters. The van der Waals surface area contributed by atoms with Crippen molar-refractivity contribution in [3.63, 3.8) is 0 Å². The van der Waals surface area contributed by atoms with Crippen LogP contribution in [-0.4, -0.2) is 10.9 Å². The Balaban J connectivity index is 1.76. The molecule has 0 saturated heterocycles. The Hall–Kier alpha value is -2.85. The van der Waals surface area contributed by atoms with Gasteiger partial charge in [-0.2, -0.15) is 0 Å². The lowest BCUT2D eigenvalue weighted by Crippen LogP contribution is -2.15. The van der Waals surface area contributed by atoms with Crippen LogP contribution in [0.1, 0.15) is 15.9 Å². The zero-order valence-electron chi connectivity index (χ0n) is 12.9. The van der Waals surface area contributed by atoms with Gasteiger partial charge in [0.05, 0.1) is 11.3 Å². The van der Waals surface area contributed by atoms with Crippen molar-refractivity contribution in [3.05, 3.63) is 89.2 Å². The van der Waals surface area contributed by atoms with Crippen LogP contribution in [0.25, 0.3) is 0 Å². The molecule has 3 rings (SSSR count). The maximum Gasteiger partial charge on any atom is 0.257 e. The number of hydrogen-bond donors (Lipinski definition) is 2. The van der Waals surface area contributed by atoms with Gasteiger partial charge < -0.3 is 10.6 Å². The monoisotopic (exact) mass is 337 g/mol. The molecule has 0 fully saturated rings. The van der Waals surface area contributed by atoms with E-state index >= 15 is 0 Å². The lowest BCUT2D eigenvalue weighted by Gasteiger charge is -2.12. The molecule has 3 aromatic rings. The number of rotatable bonds is 5. The van der Waals surface area contributed by atoms with Crippen molar-refractivity contribution in [1.82, 2.24) is 4.98 Å². The molecule has 0 saturated carbocycles. The number of anilines is 2. The predicted octanol–water partition coefficient (Wildman–Crippen LogP) is 4.60. The molecule has 1 aromatic heterocycles. The van der Waals surface area contributed by atoms with Crippen LogP contribution in [0.5, 0.6) is 0 Å². The summed E-state index contributed by atoms with van der Waals surface area (Å²) in [5.41, 5.74) is 2.94. The SMILES string of the molecule is O=C(Nc1cccnc1Cl)c1ccccc1NCc1ccccc1. The minimum atomic E-state index is -0.235. The maximum absolute atomic E-state index is 12.6. The zero-order valence-corrected chi connectivity index (χ0v) is 13.6. The fraction of sp³-hybridized carbons (Fsp3) is 0.0526. The third kappa shape index (κ3) is 3.91. The van der Waals surface area contributed by atoms with E-state index in [0.29, 0.717) is 17.8 Å². The highest BCUT2D eigenvalue weighted by molar-refractivity contribution is 6.32. The van der Waals surface area contributed by atoms with Crippen molar-refractivity contribution in [3.8, 4) is 0 Å². The van der Waals surface area contributed by atoms with Gasteiger partial charge in [0.25, 0.3) is 5.91 Å². The number of carbonyl (C=O) groups is 1. The third-order valence-electron chi connectivity index (χ3n) is 3.50. The molecule has 0 aliphatic carbocycles. The molecule has 1 amide bonds. The molecule has 24 heavy (non-hydrogen) atoms. The van der Waals surface area contributed by atoms with Gasteiger partial charge in [-0.25, -0.2) is 4.98 Å². The smallest absolute Gasteiger partial charge is 0.257 e. The number of halogens is 1. The normalized spacial score (nSPS) is 10.2. The lowest BCUT2D eigenvalue weighted by molar-refractivity contribution is 0.102. The van der Waals surface area contributed by atoms with Crippen LogP contribution in [0, 0.1) is 0 Å². The van der Waals surface area contributed by atoms with E-state index < -0.39 is 0 Å². The molecule has 0 radical (unpaired) electrons. The molecular weight excluding hydrogens is 322 g/mol. The Morgan fingerprint density at radius 3 is 2.42 bits per heavy atom. The Bertz CT molecular complexity index is 837. The number of nitrogens with zero attached hydrogens (tertiary/aromatic N) is 1. The Kier molecular flexibility index (Phi) is 5.08. The number of hydrogen-bond acceptors (Lipinski definition) is 3. The van der Waals surface area contributed by atoms with Crippen molar-refractivity contribution >= 4 is 28.9 Å². The second-order valence-corrected chi connectivity index (χ2v) is 5.54. The summed E-state index contributed by atoms with van der Waals surface area (Å²) in [6.07, 6.45) is 1.58. The average molecular weight is 338 g/mol. The zero-order chi connectivity index (χ0) is 16.8. The van der Waals surface area contributed by atoms with Crippen LogP contribution in [0.15, 0.2) is 72.9 Å². The summed E-state index contributed by atoms with van der Waals surface area (Å²) in [7, 11) is 0. The van der Waals surface area contributed by atoms with E-state index in [-0.39, 0.29) is 11.1 Å². The van der Waals surface area contributed by atoms with Gasteiger partial charge in [-0.15, -0.1) is 0 Å². The predicted molar refractivity (Wildman–Crippen MR) is 97.4 cm³/mol. The van der Waals surface area contributed by atoms with Crippen molar-refractivity contribution in [1.29, 1.82) is 0 Å². The Labute approximate surface area is 145 Å². The molecule has 0 atom stereocenters. The minimum Gasteiger partial charge on any atom is -0.380 e. The van der Waals surface area contributed by atoms with Gasteiger partial charge in [-0.3, -0.25) is 4.79 Å². The second-order valence-electron chi connectivity index (χ2n) is 5.18. The number of amides is 1. The number of pyridine rings is 1. The number of carbonyl (C=O) groups excluding carboxylic acids is 1. The first-order valence-electron chi connectivity index (χ1n) is 7.53. The molecule has 0 aliphatic heterocycles. The summed E-state index contributed by atoms with van der Waals surface area (Å²) in [6.45, 7) is 0.638. The molecule has 1 heterocycles. The van der Waals surface area contributed by atoms with E-state index in [1.165, 1.54) is 0 Å². The minimum absolute atomic E-state index is 0.235. The van der Waals surface area contributed by atoms with Gasteiger partial charge >= 0.3 is 0 Å². The molecule has 2 aromatic carbocycles. The molecule has 0 spiro atoms. The molecule has 120 valence electrons. The molecular formula is C19H16ClN3O. The van der Waals surface area contributed by atoms with Crippen molar-refractivity contribution in [2.24, 2.45) is 0 Å². The number of benzene rings is 2. The first kappa shape index (κ1) is 16.0. The highest BCUT2D eigenvalue weighted by Crippen LogP contribution is 2.21. The van der Waals surface area contributed by atoms with Crippen molar-refractivity contribution in [2.45, 2.75) is 6.54 Å². The van der Waals surface area contributed by atoms with Crippen LogP contribution < -0.4 is 10.6 Å². The van der Waals surface area contributed by atoms with Crippen molar-refractivity contribution < 1.29 is 4.79 Å². The standard InChI is InChI=1S/C19H16ClN3O/c20-18-17(11-6-12-21-18)23-19(24)15-9-4-5-10-16(15)22-13-14-7-2-1-3-8-14/h1-12,22H,13H2,(H,23,24). The summed E-state index contributed by atoms with van der Waals surface area (Å²) in [5.74, 6) is -0.235. The van der Waals surface area contributed by atoms with Crippen LogP contribution in [0.2, 0.25) is 5.15 Å². The fourth-order valence-electron chi connectivity index (χ4n) is 2.30. The third-order valence-corrected chi connectivity index (χ3v) is 3.81. The van der Waals surface area contributed by atoms with E-state index in [4.69, 9.17) is 11.6 Å². The van der Waals surface area contributed by atoms with Gasteiger partial charge in [0.2, 0.25) is 0 Å². The van der Waals surface area contributed by atoms with Gasteiger partial charge in [0, 0.05) is 18.4 Å². The molecule has 5 heteroatoms. The largest absolute Gasteiger partial charge is 0.380 e. The molecule has 0 bridgehead atoms. The fourth-order valence-corrected chi connectivity index (χ4v) is 2.46. The number of aromatic nitrogens is 1. The van der Waals surface area contributed by atoms with E-state index in [2.05, 4.69) is 15.6 Å². The first-order chi connectivity index (χ1) is 11.7. The molecule has 2 N–H and O–H groups in total. The summed E-state index contributed by atoms with van der Waals surface area (Å²) in [4.78, 5) is 16.5. The lowest BCUT2D eigenvalue weighted by atomic mass is 10.1. The summed E-state index contributed by atoms with van der Waals surface area (Å²) < 4.78 is 0. The van der Waals surface area contributed by atoms with Crippen molar-refractivity contribution in [2.75, 3.05) is 10.6 Å². The van der Waals surface area contributed by atoms with Gasteiger partial charge in [-0.05, 0) is 29.8 Å². The van der Waals surface area contributed by atoms with Crippen LogP contribution in [0.3, 0.4) is 0 Å². The summed E-state index contributed by atoms with van der Waals surface area (Å²) in [6, 6.07) is 20.8. The second kappa shape index (κ2) is 7.62. The van der Waals surface area contributed by atoms with E-state index in [0.717, 1.165) is 11.3 Å². The van der Waals surface area contributed by atoms with Gasteiger partial charge in [0.15, 0.2) is 5.15 Å². The quantitative estimate of drug-likeness (QED) is 0.669. The highest BCUT2D eigenvalue weighted by atomic mass is 35.5. The van der Waals surface area contributed by atoms with Gasteiger partial charge in [0.1, 0.15) is 0 Å². The van der Waals surface area contributed by atoms with E-state index in [1.54, 1.807) is 24.4 Å². The van der Waals surface area contributed by atoms with E-state index in [1.807, 2.05) is 48.5 Å². The van der Waals surface area contributed by atoms with Crippen LogP contribution in [0.4, 0.5) is 11.4 Å². The van der Waals surface area contributed by atoms with Crippen LogP contribution >= 0.6 is 11.6 Å². The number of para-hydroxylation sites is 1. The van der Waals surface area contributed by atoms with Gasteiger partial charge in [-0.1, -0.05) is 54.1 Å². The number of nitrogens with one attached hydrogen (secondary N) is 2. The molecule has 0 aliphatic rings.